The average molecular weight is 289 g/mol. The first kappa shape index (κ1) is 18.4. The van der Waals surface area contributed by atoms with Crippen molar-refractivity contribution in [1.29, 1.82) is 0 Å². The molecule has 0 aliphatic rings. The van der Waals surface area contributed by atoms with Crippen LogP contribution in [0.5, 0.6) is 0 Å². The number of aliphatic carboxylic acids is 1. The number of nitrogens with one attached hydrogen (secondary N) is 1. The lowest BCUT2D eigenvalue weighted by Crippen LogP contribution is -2.48. The maximum absolute atomic E-state index is 12.0. The van der Waals surface area contributed by atoms with Gasteiger partial charge in [-0.1, -0.05) is 13.8 Å². The van der Waals surface area contributed by atoms with Crippen LogP contribution in [0.15, 0.2) is 0 Å². The van der Waals surface area contributed by atoms with Crippen LogP contribution in [-0.4, -0.2) is 48.8 Å². The third-order valence-corrected chi connectivity index (χ3v) is 2.55. The summed E-state index contributed by atoms with van der Waals surface area (Å²) in [5.41, 5.74) is -0.713. The van der Waals surface area contributed by atoms with Crippen LogP contribution in [0.1, 0.15) is 34.1 Å². The molecule has 1 amide bonds. The minimum Gasteiger partial charge on any atom is -0.481 e. The number of carboxylic acid groups (broad SMARTS) is 1. The van der Waals surface area contributed by atoms with Crippen molar-refractivity contribution in [2.45, 2.75) is 40.2 Å². The second-order valence-corrected chi connectivity index (χ2v) is 5.05. The molecule has 0 aliphatic carbocycles. The van der Waals surface area contributed by atoms with E-state index in [2.05, 4.69) is 5.32 Å². The molecule has 0 spiro atoms. The second kappa shape index (κ2) is 8.52. The van der Waals surface area contributed by atoms with Gasteiger partial charge in [-0.2, -0.15) is 0 Å². The van der Waals surface area contributed by atoms with Gasteiger partial charge in [0.15, 0.2) is 6.10 Å². The van der Waals surface area contributed by atoms with Gasteiger partial charge in [-0.05, 0) is 6.92 Å². The predicted octanol–water partition coefficient (Wildman–Crippen LogP) is 0.572. The van der Waals surface area contributed by atoms with Gasteiger partial charge in [0.25, 0.3) is 5.91 Å². The number of amides is 1. The van der Waals surface area contributed by atoms with Gasteiger partial charge in [0.1, 0.15) is 0 Å². The molecule has 0 rings (SSSR count). The monoisotopic (exact) mass is 289 g/mol. The number of ether oxygens (including phenoxy) is 2. The predicted molar refractivity (Wildman–Crippen MR) is 71.1 cm³/mol. The van der Waals surface area contributed by atoms with Crippen molar-refractivity contribution in [1.82, 2.24) is 5.32 Å². The molecule has 0 aromatic heterocycles. The minimum atomic E-state index is -1.03. The Morgan fingerprint density at radius 1 is 1.30 bits per heavy atom. The highest BCUT2D eigenvalue weighted by atomic mass is 16.6. The van der Waals surface area contributed by atoms with Gasteiger partial charge in [-0.3, -0.25) is 14.4 Å². The standard InChI is InChI=1S/C13H23NO6/c1-5-19-8-13(3,4)11(20-9(2)15)12(18)14-7-6-10(16)17/h11H,5-8H2,1-4H3,(H,14,18)(H,16,17)/t11-/m0/s1. The van der Waals surface area contributed by atoms with Crippen LogP contribution in [0.3, 0.4) is 0 Å². The smallest absolute Gasteiger partial charge is 0.305 e. The molecule has 0 unspecified atom stereocenters. The molecule has 0 aromatic carbocycles. The summed E-state index contributed by atoms with van der Waals surface area (Å²) in [5, 5.41) is 11.0. The van der Waals surface area contributed by atoms with Crippen molar-refractivity contribution in [2.75, 3.05) is 19.8 Å². The van der Waals surface area contributed by atoms with Gasteiger partial charge in [-0.15, -0.1) is 0 Å². The highest BCUT2D eigenvalue weighted by molar-refractivity contribution is 5.84. The van der Waals surface area contributed by atoms with Gasteiger partial charge < -0.3 is 19.9 Å². The van der Waals surface area contributed by atoms with Crippen LogP contribution >= 0.6 is 0 Å². The number of esters is 1. The number of hydrogen-bond donors (Lipinski definition) is 2. The quantitative estimate of drug-likeness (QED) is 0.602. The van der Waals surface area contributed by atoms with Crippen molar-refractivity contribution in [2.24, 2.45) is 5.41 Å². The fraction of sp³-hybridized carbons (Fsp3) is 0.769. The molecular weight excluding hydrogens is 266 g/mol. The van der Waals surface area contributed by atoms with E-state index in [-0.39, 0.29) is 19.6 Å². The topological polar surface area (TPSA) is 102 Å². The van der Waals surface area contributed by atoms with Crippen LogP contribution < -0.4 is 5.32 Å². The van der Waals surface area contributed by atoms with Crippen molar-refractivity contribution in [3.05, 3.63) is 0 Å². The molecule has 0 heterocycles. The summed E-state index contributed by atoms with van der Waals surface area (Å²) in [4.78, 5) is 33.6. The molecule has 1 atom stereocenters. The highest BCUT2D eigenvalue weighted by Crippen LogP contribution is 2.24. The molecule has 7 heteroatoms. The zero-order valence-corrected chi connectivity index (χ0v) is 12.4. The van der Waals surface area contributed by atoms with Crippen LogP contribution in [-0.2, 0) is 23.9 Å². The fourth-order valence-corrected chi connectivity index (χ4v) is 1.56. The van der Waals surface area contributed by atoms with Crippen LogP contribution in [0.4, 0.5) is 0 Å². The first-order valence-electron chi connectivity index (χ1n) is 6.45. The second-order valence-electron chi connectivity index (χ2n) is 5.05. The maximum atomic E-state index is 12.0. The van der Waals surface area contributed by atoms with Crippen LogP contribution in [0.25, 0.3) is 0 Å². The summed E-state index contributed by atoms with van der Waals surface area (Å²) in [5.74, 6) is -2.11. The van der Waals surface area contributed by atoms with E-state index in [1.54, 1.807) is 13.8 Å². The zero-order valence-electron chi connectivity index (χ0n) is 12.4. The Kier molecular flexibility index (Phi) is 7.83. The lowest BCUT2D eigenvalue weighted by Gasteiger charge is -2.32. The Morgan fingerprint density at radius 3 is 2.35 bits per heavy atom. The highest BCUT2D eigenvalue weighted by Gasteiger charge is 2.38. The largest absolute Gasteiger partial charge is 0.481 e. The first-order chi connectivity index (χ1) is 9.20. The number of carboxylic acids is 1. The summed E-state index contributed by atoms with van der Waals surface area (Å²) < 4.78 is 10.3. The van der Waals surface area contributed by atoms with E-state index in [1.807, 2.05) is 6.92 Å². The Morgan fingerprint density at radius 2 is 1.90 bits per heavy atom. The van der Waals surface area contributed by atoms with Gasteiger partial charge in [0.2, 0.25) is 0 Å². The molecule has 0 saturated carbocycles. The lowest BCUT2D eigenvalue weighted by atomic mass is 9.86. The molecule has 0 fully saturated rings. The fourth-order valence-electron chi connectivity index (χ4n) is 1.56. The minimum absolute atomic E-state index is 0.0172. The molecule has 0 radical (unpaired) electrons. The van der Waals surface area contributed by atoms with Crippen LogP contribution in [0.2, 0.25) is 0 Å². The van der Waals surface area contributed by atoms with E-state index in [0.29, 0.717) is 6.61 Å². The van der Waals surface area contributed by atoms with E-state index in [4.69, 9.17) is 14.6 Å². The third kappa shape index (κ3) is 7.08. The van der Waals surface area contributed by atoms with Crippen molar-refractivity contribution < 1.29 is 29.0 Å². The summed E-state index contributed by atoms with van der Waals surface area (Å²) >= 11 is 0. The molecule has 20 heavy (non-hydrogen) atoms. The average Bonchev–Trinajstić information content (AvgIpc) is 2.32. The van der Waals surface area contributed by atoms with E-state index < -0.39 is 29.4 Å². The van der Waals surface area contributed by atoms with E-state index in [0.717, 1.165) is 0 Å². The SMILES string of the molecule is CCOCC(C)(C)[C@@H](OC(C)=O)C(=O)NCCC(=O)O. The molecular formula is C13H23NO6. The van der Waals surface area contributed by atoms with Crippen molar-refractivity contribution >= 4 is 17.8 Å². The van der Waals surface area contributed by atoms with E-state index in [9.17, 15) is 14.4 Å². The number of hydrogen-bond acceptors (Lipinski definition) is 5. The third-order valence-electron chi connectivity index (χ3n) is 2.55. The summed E-state index contributed by atoms with van der Waals surface area (Å²) in [7, 11) is 0. The Balaban J connectivity index is 4.72. The van der Waals surface area contributed by atoms with E-state index >= 15 is 0 Å². The van der Waals surface area contributed by atoms with Crippen molar-refractivity contribution in [3.63, 3.8) is 0 Å². The van der Waals surface area contributed by atoms with E-state index in [1.165, 1.54) is 6.92 Å². The molecule has 2 N–H and O–H groups in total. The maximum Gasteiger partial charge on any atom is 0.305 e. The van der Waals surface area contributed by atoms with Gasteiger partial charge >= 0.3 is 11.9 Å². The van der Waals surface area contributed by atoms with Gasteiger partial charge in [-0.25, -0.2) is 0 Å². The Bertz CT molecular complexity index is 353. The first-order valence-corrected chi connectivity index (χ1v) is 6.45. The summed E-state index contributed by atoms with van der Waals surface area (Å²) in [6, 6.07) is 0. The molecule has 7 nitrogen and oxygen atoms in total. The zero-order chi connectivity index (χ0) is 15.8. The number of carbonyl (C=O) groups excluding carboxylic acids is 2. The van der Waals surface area contributed by atoms with Crippen molar-refractivity contribution in [3.8, 4) is 0 Å². The van der Waals surface area contributed by atoms with Gasteiger partial charge in [0.05, 0.1) is 13.0 Å². The van der Waals surface area contributed by atoms with Crippen LogP contribution in [0, 0.1) is 5.41 Å². The summed E-state index contributed by atoms with van der Waals surface area (Å²) in [6.45, 7) is 7.24. The molecule has 116 valence electrons. The number of rotatable bonds is 9. The molecule has 0 bridgehead atoms. The number of carbonyl (C=O) groups is 3. The molecule has 0 aliphatic heterocycles. The lowest BCUT2D eigenvalue weighted by molar-refractivity contribution is -0.164. The molecule has 0 saturated heterocycles. The normalized spacial score (nSPS) is 12.6. The molecule has 0 aromatic rings. The Hall–Kier alpha value is -1.63. The summed E-state index contributed by atoms with van der Waals surface area (Å²) in [6.07, 6.45) is -1.22. The van der Waals surface area contributed by atoms with Gasteiger partial charge in [0, 0.05) is 25.5 Å². The Labute approximate surface area is 118 Å².